The van der Waals surface area contributed by atoms with Crippen LogP contribution in [-0.2, 0) is 13.0 Å². The molecule has 2 rings (SSSR count). The van der Waals surface area contributed by atoms with Crippen LogP contribution in [0, 0.1) is 20.8 Å². The minimum Gasteiger partial charge on any atom is -0.488 e. The quantitative estimate of drug-likeness (QED) is 0.881. The first kappa shape index (κ1) is 17.9. The fourth-order valence-electron chi connectivity index (χ4n) is 2.64. The van der Waals surface area contributed by atoms with E-state index in [1.165, 1.54) is 18.2 Å². The predicted molar refractivity (Wildman–Crippen MR) is 95.9 cm³/mol. The van der Waals surface area contributed by atoms with E-state index in [1.807, 2.05) is 26.0 Å². The molecular weight excluding hydrogens is 302 g/mol. The number of rotatable bonds is 5. The minimum absolute atomic E-state index is 0.352. The number of benzene rings is 2. The second-order valence-electron chi connectivity index (χ2n) is 5.88. The van der Waals surface area contributed by atoms with Crippen LogP contribution in [0.15, 0.2) is 30.3 Å². The second-order valence-corrected chi connectivity index (χ2v) is 5.88. The van der Waals surface area contributed by atoms with Gasteiger partial charge >= 0.3 is 6.09 Å². The van der Waals surface area contributed by atoms with E-state index in [-0.39, 0.29) is 0 Å². The summed E-state index contributed by atoms with van der Waals surface area (Å²) in [5.41, 5.74) is 5.57. The standard InChI is InChI=1S/C20H25NO3/c1-6-16-10-15(4)19(11-14(16)3)23-12-17-13(2)8-7-9-18(17)24-20(22)21-5/h7-11H,6,12H2,1-5H3,(H,21,22). The van der Waals surface area contributed by atoms with E-state index in [0.717, 1.165) is 28.9 Å². The molecule has 0 aliphatic rings. The molecular formula is C20H25NO3. The molecule has 0 fully saturated rings. The summed E-state index contributed by atoms with van der Waals surface area (Å²) in [4.78, 5) is 11.5. The van der Waals surface area contributed by atoms with Crippen molar-refractivity contribution in [1.82, 2.24) is 5.32 Å². The number of amides is 1. The third-order valence-corrected chi connectivity index (χ3v) is 4.16. The van der Waals surface area contributed by atoms with Gasteiger partial charge < -0.3 is 14.8 Å². The molecule has 0 unspecified atom stereocenters. The smallest absolute Gasteiger partial charge is 0.412 e. The molecule has 0 atom stereocenters. The highest BCUT2D eigenvalue weighted by Crippen LogP contribution is 2.27. The molecule has 0 radical (unpaired) electrons. The average Bonchev–Trinajstić information content (AvgIpc) is 2.56. The van der Waals surface area contributed by atoms with Crippen LogP contribution in [-0.4, -0.2) is 13.1 Å². The summed E-state index contributed by atoms with van der Waals surface area (Å²) in [6, 6.07) is 9.87. The number of hydrogen-bond acceptors (Lipinski definition) is 3. The molecule has 0 aliphatic carbocycles. The second kappa shape index (κ2) is 7.86. The van der Waals surface area contributed by atoms with Gasteiger partial charge in [-0.25, -0.2) is 4.79 Å². The largest absolute Gasteiger partial charge is 0.488 e. The molecule has 0 aromatic heterocycles. The first-order chi connectivity index (χ1) is 11.5. The zero-order chi connectivity index (χ0) is 17.7. The van der Waals surface area contributed by atoms with Gasteiger partial charge in [0.15, 0.2) is 0 Å². The Kier molecular flexibility index (Phi) is 5.85. The third-order valence-electron chi connectivity index (χ3n) is 4.16. The fraction of sp³-hybridized carbons (Fsp3) is 0.350. The molecule has 128 valence electrons. The van der Waals surface area contributed by atoms with Crippen LogP contribution in [0.3, 0.4) is 0 Å². The average molecular weight is 327 g/mol. The van der Waals surface area contributed by atoms with Gasteiger partial charge in [0, 0.05) is 12.6 Å². The van der Waals surface area contributed by atoms with Crippen molar-refractivity contribution in [3.63, 3.8) is 0 Å². The lowest BCUT2D eigenvalue weighted by Gasteiger charge is -2.16. The van der Waals surface area contributed by atoms with E-state index in [2.05, 4.69) is 31.3 Å². The van der Waals surface area contributed by atoms with E-state index < -0.39 is 6.09 Å². The highest BCUT2D eigenvalue weighted by Gasteiger charge is 2.12. The molecule has 24 heavy (non-hydrogen) atoms. The molecule has 0 saturated carbocycles. The molecule has 4 heteroatoms. The van der Waals surface area contributed by atoms with E-state index in [1.54, 1.807) is 6.07 Å². The van der Waals surface area contributed by atoms with Crippen molar-refractivity contribution < 1.29 is 14.3 Å². The molecule has 4 nitrogen and oxygen atoms in total. The van der Waals surface area contributed by atoms with Crippen molar-refractivity contribution in [2.75, 3.05) is 7.05 Å². The van der Waals surface area contributed by atoms with Gasteiger partial charge in [-0.15, -0.1) is 0 Å². The van der Waals surface area contributed by atoms with Crippen LogP contribution >= 0.6 is 0 Å². The van der Waals surface area contributed by atoms with Gasteiger partial charge in [0.25, 0.3) is 0 Å². The maximum atomic E-state index is 11.5. The Morgan fingerprint density at radius 1 is 1.04 bits per heavy atom. The molecule has 0 spiro atoms. The predicted octanol–water partition coefficient (Wildman–Crippen LogP) is 4.47. The number of carbonyl (C=O) groups is 1. The van der Waals surface area contributed by atoms with Crippen LogP contribution < -0.4 is 14.8 Å². The van der Waals surface area contributed by atoms with Crippen molar-refractivity contribution in [2.45, 2.75) is 40.7 Å². The third kappa shape index (κ3) is 4.07. The maximum Gasteiger partial charge on any atom is 0.412 e. The molecule has 1 N–H and O–H groups in total. The summed E-state index contributed by atoms with van der Waals surface area (Å²) in [5, 5.41) is 2.46. The van der Waals surface area contributed by atoms with Crippen LogP contribution in [0.1, 0.15) is 34.7 Å². The Balaban J connectivity index is 2.23. The van der Waals surface area contributed by atoms with E-state index in [9.17, 15) is 4.79 Å². The minimum atomic E-state index is -0.485. The van der Waals surface area contributed by atoms with Crippen molar-refractivity contribution in [2.24, 2.45) is 0 Å². The first-order valence-electron chi connectivity index (χ1n) is 8.17. The monoisotopic (exact) mass is 327 g/mol. The topological polar surface area (TPSA) is 47.6 Å². The summed E-state index contributed by atoms with van der Waals surface area (Å²) >= 11 is 0. The van der Waals surface area contributed by atoms with Crippen molar-refractivity contribution in [1.29, 1.82) is 0 Å². The van der Waals surface area contributed by atoms with Crippen molar-refractivity contribution in [3.05, 3.63) is 58.1 Å². The van der Waals surface area contributed by atoms with Gasteiger partial charge in [0.05, 0.1) is 0 Å². The number of aryl methyl sites for hydroxylation is 4. The Labute approximate surface area is 143 Å². The molecule has 0 aliphatic heterocycles. The summed E-state index contributed by atoms with van der Waals surface area (Å²) < 4.78 is 11.4. The molecule has 2 aromatic carbocycles. The summed E-state index contributed by atoms with van der Waals surface area (Å²) in [6.45, 7) is 8.63. The Morgan fingerprint density at radius 2 is 1.79 bits per heavy atom. The Bertz CT molecular complexity index is 738. The number of carbonyl (C=O) groups excluding carboxylic acids is 1. The Hall–Kier alpha value is -2.49. The molecule has 0 bridgehead atoms. The lowest BCUT2D eigenvalue weighted by molar-refractivity contribution is 0.201. The number of nitrogens with one attached hydrogen (secondary N) is 1. The highest BCUT2D eigenvalue weighted by molar-refractivity contribution is 5.70. The summed E-state index contributed by atoms with van der Waals surface area (Å²) in [7, 11) is 1.54. The van der Waals surface area contributed by atoms with Crippen molar-refractivity contribution >= 4 is 6.09 Å². The zero-order valence-electron chi connectivity index (χ0n) is 15.0. The lowest BCUT2D eigenvalue weighted by atomic mass is 10.0. The van der Waals surface area contributed by atoms with Gasteiger partial charge in [-0.3, -0.25) is 0 Å². The maximum absolute atomic E-state index is 11.5. The van der Waals surface area contributed by atoms with E-state index in [4.69, 9.17) is 9.47 Å². The van der Waals surface area contributed by atoms with E-state index >= 15 is 0 Å². The summed E-state index contributed by atoms with van der Waals surface area (Å²) in [6.07, 6.45) is 0.524. The first-order valence-corrected chi connectivity index (χ1v) is 8.17. The van der Waals surface area contributed by atoms with Gasteiger partial charge in [-0.1, -0.05) is 25.1 Å². The lowest BCUT2D eigenvalue weighted by Crippen LogP contribution is -2.23. The highest BCUT2D eigenvalue weighted by atomic mass is 16.6. The SMILES string of the molecule is CCc1cc(C)c(OCc2c(C)cccc2OC(=O)NC)cc1C. The van der Waals surface area contributed by atoms with Crippen molar-refractivity contribution in [3.8, 4) is 11.5 Å². The molecule has 0 heterocycles. The summed E-state index contributed by atoms with van der Waals surface area (Å²) in [5.74, 6) is 1.38. The van der Waals surface area contributed by atoms with Gasteiger partial charge in [-0.2, -0.15) is 0 Å². The molecule has 0 saturated heterocycles. The van der Waals surface area contributed by atoms with E-state index in [0.29, 0.717) is 12.4 Å². The normalized spacial score (nSPS) is 10.4. The fourth-order valence-corrected chi connectivity index (χ4v) is 2.64. The van der Waals surface area contributed by atoms with Crippen LogP contribution in [0.5, 0.6) is 11.5 Å². The molecule has 1 amide bonds. The van der Waals surface area contributed by atoms with Crippen LogP contribution in [0.4, 0.5) is 4.79 Å². The number of hydrogen-bond donors (Lipinski definition) is 1. The molecule has 2 aromatic rings. The van der Waals surface area contributed by atoms with Gasteiger partial charge in [0.2, 0.25) is 0 Å². The Morgan fingerprint density at radius 3 is 2.46 bits per heavy atom. The zero-order valence-corrected chi connectivity index (χ0v) is 15.0. The number of ether oxygens (including phenoxy) is 2. The van der Waals surface area contributed by atoms with Crippen LogP contribution in [0.25, 0.3) is 0 Å². The van der Waals surface area contributed by atoms with Gasteiger partial charge in [0.1, 0.15) is 18.1 Å². The van der Waals surface area contributed by atoms with Crippen LogP contribution in [0.2, 0.25) is 0 Å². The van der Waals surface area contributed by atoms with Gasteiger partial charge in [-0.05, 0) is 61.6 Å².